The Morgan fingerprint density at radius 3 is 2.73 bits per heavy atom. The topological polar surface area (TPSA) is 56.2 Å². The zero-order valence-electron chi connectivity index (χ0n) is 19.0. The van der Waals surface area contributed by atoms with Gasteiger partial charge in [-0.05, 0) is 54.7 Å². The standard InChI is InChI=1S/C27H29N3O2S/c1-32-23-13-10-17(20-8-4-5-9-21(20)23)15-30-16-28-26-25(27(30)31)22-12-11-19(14-24(22)33-26)29-18-6-2-3-7-18/h4-5,8-10,13,16,18-19,29H,2-3,6-7,11-12,14-15H2,1H3. The van der Waals surface area contributed by atoms with E-state index in [0.29, 0.717) is 18.6 Å². The molecular formula is C27H29N3O2S. The Bertz CT molecular complexity index is 1380. The molecule has 1 saturated carbocycles. The molecule has 2 aliphatic carbocycles. The van der Waals surface area contributed by atoms with E-state index in [9.17, 15) is 4.79 Å². The zero-order valence-corrected chi connectivity index (χ0v) is 19.8. The first-order chi connectivity index (χ1) is 16.2. The Morgan fingerprint density at radius 1 is 1.09 bits per heavy atom. The monoisotopic (exact) mass is 459 g/mol. The Balaban J connectivity index is 1.33. The zero-order chi connectivity index (χ0) is 22.4. The smallest absolute Gasteiger partial charge is 0.262 e. The summed E-state index contributed by atoms with van der Waals surface area (Å²) in [5, 5.41) is 6.89. The van der Waals surface area contributed by atoms with Crippen LogP contribution in [-0.4, -0.2) is 28.7 Å². The number of methoxy groups -OCH3 is 1. The van der Waals surface area contributed by atoms with Crippen molar-refractivity contribution in [2.75, 3.05) is 7.11 Å². The third kappa shape index (κ3) is 3.75. The summed E-state index contributed by atoms with van der Waals surface area (Å²) in [6, 6.07) is 13.4. The van der Waals surface area contributed by atoms with Gasteiger partial charge in [-0.25, -0.2) is 4.98 Å². The Labute approximate surface area is 197 Å². The van der Waals surface area contributed by atoms with Gasteiger partial charge in [-0.3, -0.25) is 9.36 Å². The van der Waals surface area contributed by atoms with E-state index in [1.54, 1.807) is 29.3 Å². The van der Waals surface area contributed by atoms with Crippen molar-refractivity contribution in [3.63, 3.8) is 0 Å². The fraction of sp³-hybridized carbons (Fsp3) is 0.407. The third-order valence-electron chi connectivity index (χ3n) is 7.40. The Kier molecular flexibility index (Phi) is 5.43. The maximum absolute atomic E-state index is 13.6. The fourth-order valence-electron chi connectivity index (χ4n) is 5.72. The molecule has 0 amide bonds. The van der Waals surface area contributed by atoms with E-state index in [0.717, 1.165) is 51.6 Å². The lowest BCUT2D eigenvalue weighted by atomic mass is 9.92. The molecule has 1 N–H and O–H groups in total. The van der Waals surface area contributed by atoms with Gasteiger partial charge >= 0.3 is 0 Å². The lowest BCUT2D eigenvalue weighted by Gasteiger charge is -2.26. The number of fused-ring (bicyclic) bond motifs is 4. The maximum atomic E-state index is 13.6. The minimum absolute atomic E-state index is 0.0830. The van der Waals surface area contributed by atoms with Crippen LogP contribution in [0.1, 0.15) is 48.1 Å². The van der Waals surface area contributed by atoms with Crippen LogP contribution in [0.2, 0.25) is 0 Å². The van der Waals surface area contributed by atoms with Gasteiger partial charge in [-0.15, -0.1) is 11.3 Å². The largest absolute Gasteiger partial charge is 0.496 e. The quantitative estimate of drug-likeness (QED) is 0.453. The van der Waals surface area contributed by atoms with Gasteiger partial charge in [0.2, 0.25) is 0 Å². The van der Waals surface area contributed by atoms with Crippen LogP contribution < -0.4 is 15.6 Å². The molecule has 2 aromatic heterocycles. The normalized spacial score (nSPS) is 18.8. The van der Waals surface area contributed by atoms with Gasteiger partial charge < -0.3 is 10.1 Å². The van der Waals surface area contributed by atoms with E-state index < -0.39 is 0 Å². The number of hydrogen-bond donors (Lipinski definition) is 1. The van der Waals surface area contributed by atoms with Gasteiger partial charge in [0.25, 0.3) is 5.56 Å². The Morgan fingerprint density at radius 2 is 1.91 bits per heavy atom. The van der Waals surface area contributed by atoms with Crippen LogP contribution in [0, 0.1) is 0 Å². The van der Waals surface area contributed by atoms with E-state index in [1.807, 2.05) is 18.2 Å². The van der Waals surface area contributed by atoms with Crippen molar-refractivity contribution in [2.24, 2.45) is 0 Å². The number of hydrogen-bond acceptors (Lipinski definition) is 5. The van der Waals surface area contributed by atoms with Crippen LogP contribution in [0.15, 0.2) is 47.5 Å². The molecule has 2 aromatic carbocycles. The number of benzene rings is 2. The van der Waals surface area contributed by atoms with Crippen LogP contribution in [-0.2, 0) is 19.4 Å². The molecular weight excluding hydrogens is 430 g/mol. The molecule has 0 aliphatic heterocycles. The van der Waals surface area contributed by atoms with E-state index in [4.69, 9.17) is 9.72 Å². The van der Waals surface area contributed by atoms with Crippen molar-refractivity contribution in [1.29, 1.82) is 0 Å². The van der Waals surface area contributed by atoms with Crippen molar-refractivity contribution >= 4 is 32.3 Å². The molecule has 6 rings (SSSR count). The highest BCUT2D eigenvalue weighted by Crippen LogP contribution is 2.35. The van der Waals surface area contributed by atoms with E-state index in [-0.39, 0.29) is 5.56 Å². The van der Waals surface area contributed by atoms with Crippen LogP contribution in [0.25, 0.3) is 21.0 Å². The second kappa shape index (κ2) is 8.58. The molecule has 2 heterocycles. The van der Waals surface area contributed by atoms with Crippen molar-refractivity contribution in [2.45, 2.75) is 63.6 Å². The second-order valence-electron chi connectivity index (χ2n) is 9.42. The molecule has 6 heteroatoms. The van der Waals surface area contributed by atoms with Gasteiger partial charge in [-0.2, -0.15) is 0 Å². The number of nitrogens with zero attached hydrogens (tertiary/aromatic N) is 2. The van der Waals surface area contributed by atoms with Crippen molar-refractivity contribution in [1.82, 2.24) is 14.9 Å². The van der Waals surface area contributed by atoms with E-state index in [2.05, 4.69) is 23.5 Å². The highest BCUT2D eigenvalue weighted by atomic mass is 32.1. The van der Waals surface area contributed by atoms with E-state index in [1.165, 1.54) is 36.1 Å². The van der Waals surface area contributed by atoms with Crippen molar-refractivity contribution in [3.8, 4) is 5.75 Å². The summed E-state index contributed by atoms with van der Waals surface area (Å²) < 4.78 is 7.30. The summed E-state index contributed by atoms with van der Waals surface area (Å²) in [6.45, 7) is 0.503. The highest BCUT2D eigenvalue weighted by molar-refractivity contribution is 7.18. The molecule has 1 atom stereocenters. The van der Waals surface area contributed by atoms with Gasteiger partial charge in [-0.1, -0.05) is 43.2 Å². The van der Waals surface area contributed by atoms with Crippen LogP contribution in [0.4, 0.5) is 0 Å². The van der Waals surface area contributed by atoms with Crippen molar-refractivity contribution < 1.29 is 4.74 Å². The minimum Gasteiger partial charge on any atom is -0.496 e. The third-order valence-corrected chi connectivity index (χ3v) is 8.56. The summed E-state index contributed by atoms with van der Waals surface area (Å²) in [7, 11) is 1.69. The number of rotatable bonds is 5. The first-order valence-corrected chi connectivity index (χ1v) is 12.8. The van der Waals surface area contributed by atoms with Gasteiger partial charge in [0.15, 0.2) is 0 Å². The Hall–Kier alpha value is -2.70. The summed E-state index contributed by atoms with van der Waals surface area (Å²) in [6.07, 6.45) is 10.1. The highest BCUT2D eigenvalue weighted by Gasteiger charge is 2.27. The molecule has 1 unspecified atom stereocenters. The van der Waals surface area contributed by atoms with E-state index >= 15 is 0 Å². The average molecular weight is 460 g/mol. The van der Waals surface area contributed by atoms with Crippen LogP contribution in [0.3, 0.4) is 0 Å². The second-order valence-corrected chi connectivity index (χ2v) is 10.5. The van der Waals surface area contributed by atoms with Crippen LogP contribution in [0.5, 0.6) is 5.75 Å². The number of thiophene rings is 1. The number of aryl methyl sites for hydroxylation is 1. The summed E-state index contributed by atoms with van der Waals surface area (Å²) in [5.74, 6) is 0.850. The molecule has 2 aliphatic rings. The molecule has 1 fully saturated rings. The first kappa shape index (κ1) is 20.9. The minimum atomic E-state index is 0.0830. The number of ether oxygens (including phenoxy) is 1. The fourth-order valence-corrected chi connectivity index (χ4v) is 6.97. The van der Waals surface area contributed by atoms with Gasteiger partial charge in [0.1, 0.15) is 10.6 Å². The van der Waals surface area contributed by atoms with Gasteiger partial charge in [0.05, 0.1) is 25.4 Å². The summed E-state index contributed by atoms with van der Waals surface area (Å²) in [5.41, 5.74) is 2.42. The number of nitrogens with one attached hydrogen (secondary N) is 1. The first-order valence-electron chi connectivity index (χ1n) is 12.0. The predicted octanol–water partition coefficient (Wildman–Crippen LogP) is 5.06. The molecule has 4 aromatic rings. The lowest BCUT2D eigenvalue weighted by Crippen LogP contribution is -2.40. The summed E-state index contributed by atoms with van der Waals surface area (Å²) >= 11 is 1.72. The molecule has 170 valence electrons. The van der Waals surface area contributed by atoms with Crippen LogP contribution >= 0.6 is 11.3 Å². The number of aromatic nitrogens is 2. The molecule has 5 nitrogen and oxygen atoms in total. The molecule has 0 radical (unpaired) electrons. The molecule has 0 bridgehead atoms. The van der Waals surface area contributed by atoms with Crippen molar-refractivity contribution in [3.05, 3.63) is 69.1 Å². The molecule has 0 spiro atoms. The maximum Gasteiger partial charge on any atom is 0.262 e. The SMILES string of the molecule is COc1ccc(Cn2cnc3sc4c(c3c2=O)CCC(NC2CCCC2)C4)c2ccccc12. The van der Waals surface area contributed by atoms with Gasteiger partial charge in [0, 0.05) is 22.3 Å². The summed E-state index contributed by atoms with van der Waals surface area (Å²) in [4.78, 5) is 20.5. The average Bonchev–Trinajstić information content (AvgIpc) is 3.48. The molecule has 0 saturated heterocycles. The lowest BCUT2D eigenvalue weighted by molar-refractivity contribution is 0.399. The molecule has 33 heavy (non-hydrogen) atoms. The predicted molar refractivity (Wildman–Crippen MR) is 135 cm³/mol.